The van der Waals surface area contributed by atoms with Gasteiger partial charge < -0.3 is 9.69 Å². The third-order valence-corrected chi connectivity index (χ3v) is 1.72. The molecule has 64 valence electrons. The lowest BCUT2D eigenvalue weighted by molar-refractivity contribution is 1.17. The Bertz CT molecular complexity index is 346. The summed E-state index contributed by atoms with van der Waals surface area (Å²) in [7, 11) is 0. The molecule has 0 saturated heterocycles. The van der Waals surface area contributed by atoms with Crippen molar-refractivity contribution in [3.8, 4) is 0 Å². The molecule has 0 radical (unpaired) electrons. The fourth-order valence-electron chi connectivity index (χ4n) is 1.31. The van der Waals surface area contributed by atoms with Gasteiger partial charge in [0.05, 0.1) is 0 Å². The molecule has 0 heterocycles. The maximum absolute atomic E-state index is 6.75. The van der Waals surface area contributed by atoms with Crippen molar-refractivity contribution in [1.29, 1.82) is 0 Å². The third kappa shape index (κ3) is 2.61. The number of rotatable bonds is 2. The Morgan fingerprint density at radius 2 is 1.46 bits per heavy atom. The van der Waals surface area contributed by atoms with E-state index < -0.39 is 0 Å². The number of benzene rings is 1. The van der Waals surface area contributed by atoms with Gasteiger partial charge in [-0.3, -0.25) is 0 Å². The lowest BCUT2D eigenvalue weighted by Crippen LogP contribution is -1.87. The Kier molecular flexibility index (Phi) is 3.06. The van der Waals surface area contributed by atoms with Crippen molar-refractivity contribution >= 4 is 0 Å². The molecule has 1 aromatic carbocycles. The molecule has 1 rings (SSSR count). The Morgan fingerprint density at radius 1 is 1.00 bits per heavy atom. The summed E-state index contributed by atoms with van der Waals surface area (Å²) in [4.78, 5) is 6.64. The van der Waals surface area contributed by atoms with Crippen LogP contribution in [-0.2, 0) is 13.1 Å². The van der Waals surface area contributed by atoms with Crippen LogP contribution in [0.4, 0.5) is 0 Å². The van der Waals surface area contributed by atoms with E-state index in [1.165, 1.54) is 0 Å². The van der Waals surface area contributed by atoms with Crippen LogP contribution in [0.1, 0.15) is 16.7 Å². The summed E-state index contributed by atoms with van der Waals surface area (Å²) in [5.41, 5.74) is 3.14. The monoisotopic (exact) mass is 170 g/mol. The van der Waals surface area contributed by atoms with Crippen molar-refractivity contribution < 1.29 is 0 Å². The van der Waals surface area contributed by atoms with Crippen molar-refractivity contribution in [2.45, 2.75) is 20.0 Å². The minimum Gasteiger partial charge on any atom is -0.312 e. The Labute approximate surface area is 78.5 Å². The zero-order chi connectivity index (χ0) is 9.68. The highest BCUT2D eigenvalue weighted by atomic mass is 14.6. The van der Waals surface area contributed by atoms with Gasteiger partial charge in [-0.2, -0.15) is 0 Å². The number of hydrogen-bond acceptors (Lipinski definition) is 0. The van der Waals surface area contributed by atoms with Crippen LogP contribution in [-0.4, -0.2) is 0 Å². The Balaban J connectivity index is 2.99. The minimum atomic E-state index is 0.409. The zero-order valence-corrected chi connectivity index (χ0v) is 7.54. The summed E-state index contributed by atoms with van der Waals surface area (Å²) in [6, 6.07) is 5.92. The van der Waals surface area contributed by atoms with Crippen LogP contribution in [0.5, 0.6) is 0 Å². The molecule has 0 aliphatic rings. The van der Waals surface area contributed by atoms with Gasteiger partial charge in [-0.25, -0.2) is 13.1 Å². The van der Waals surface area contributed by atoms with Crippen LogP contribution < -0.4 is 0 Å². The number of nitrogens with zero attached hydrogens (tertiary/aromatic N) is 2. The molecular weight excluding hydrogens is 160 g/mol. The molecule has 0 fully saturated rings. The number of aryl methyl sites for hydroxylation is 1. The molecule has 0 N–H and O–H groups in total. The Morgan fingerprint density at radius 3 is 1.85 bits per heavy atom. The highest BCUT2D eigenvalue weighted by Crippen LogP contribution is 2.11. The molecular formula is C11H10N2. The molecule has 0 aliphatic heterocycles. The van der Waals surface area contributed by atoms with Gasteiger partial charge in [0, 0.05) is 11.1 Å². The van der Waals surface area contributed by atoms with E-state index in [-0.39, 0.29) is 0 Å². The lowest BCUT2D eigenvalue weighted by Gasteiger charge is -1.98. The topological polar surface area (TPSA) is 8.72 Å². The van der Waals surface area contributed by atoms with E-state index in [0.717, 1.165) is 16.7 Å². The summed E-state index contributed by atoms with van der Waals surface area (Å²) in [6.07, 6.45) is 0. The highest BCUT2D eigenvalue weighted by molar-refractivity contribution is 5.30. The first-order chi connectivity index (χ1) is 6.26. The predicted octanol–water partition coefficient (Wildman–Crippen LogP) is 2.83. The molecule has 0 aliphatic carbocycles. The minimum absolute atomic E-state index is 0.409. The molecule has 13 heavy (non-hydrogen) atoms. The second-order valence-corrected chi connectivity index (χ2v) is 2.96. The van der Waals surface area contributed by atoms with Crippen molar-refractivity contribution in [3.05, 3.63) is 57.7 Å². The quantitative estimate of drug-likeness (QED) is 0.603. The van der Waals surface area contributed by atoms with Crippen molar-refractivity contribution in [2.75, 3.05) is 0 Å². The lowest BCUT2D eigenvalue weighted by atomic mass is 10.1. The highest BCUT2D eigenvalue weighted by Gasteiger charge is 2.01. The van der Waals surface area contributed by atoms with Crippen LogP contribution in [0, 0.1) is 20.1 Å². The smallest absolute Gasteiger partial charge is 0.239 e. The normalized spacial score (nSPS) is 8.85. The summed E-state index contributed by atoms with van der Waals surface area (Å²) in [6.45, 7) is 16.3. The molecule has 0 saturated carbocycles. The molecule has 0 amide bonds. The van der Waals surface area contributed by atoms with E-state index in [4.69, 9.17) is 13.1 Å². The first kappa shape index (κ1) is 9.29. The summed E-state index contributed by atoms with van der Waals surface area (Å²) < 4.78 is 0. The van der Waals surface area contributed by atoms with Gasteiger partial charge in [0.25, 0.3) is 0 Å². The largest absolute Gasteiger partial charge is 0.312 e. The van der Waals surface area contributed by atoms with Gasteiger partial charge >= 0.3 is 0 Å². The van der Waals surface area contributed by atoms with Crippen molar-refractivity contribution in [3.63, 3.8) is 0 Å². The molecule has 2 heteroatoms. The van der Waals surface area contributed by atoms with Gasteiger partial charge in [-0.15, -0.1) is 0 Å². The first-order valence-electron chi connectivity index (χ1n) is 4.02. The zero-order valence-electron chi connectivity index (χ0n) is 7.54. The van der Waals surface area contributed by atoms with Gasteiger partial charge in [0.2, 0.25) is 13.1 Å². The van der Waals surface area contributed by atoms with E-state index in [0.29, 0.717) is 13.1 Å². The van der Waals surface area contributed by atoms with Crippen LogP contribution in [0.3, 0.4) is 0 Å². The van der Waals surface area contributed by atoms with E-state index >= 15 is 0 Å². The molecule has 0 aromatic heterocycles. The second kappa shape index (κ2) is 4.28. The molecule has 2 nitrogen and oxygen atoms in total. The summed E-state index contributed by atoms with van der Waals surface area (Å²) >= 11 is 0. The molecule has 0 spiro atoms. The summed E-state index contributed by atoms with van der Waals surface area (Å²) in [5, 5.41) is 0. The molecule has 1 aromatic rings. The maximum atomic E-state index is 6.75. The summed E-state index contributed by atoms with van der Waals surface area (Å²) in [5.74, 6) is 0. The average Bonchev–Trinajstić information content (AvgIpc) is 2.04. The van der Waals surface area contributed by atoms with Crippen molar-refractivity contribution in [1.82, 2.24) is 0 Å². The predicted molar refractivity (Wildman–Crippen MR) is 51.8 cm³/mol. The van der Waals surface area contributed by atoms with Crippen LogP contribution in [0.25, 0.3) is 9.69 Å². The standard InChI is InChI=1S/C11H10N2/c1-9-4-10(7-12-2)6-11(5-9)8-13-3/h4-6H,7-8H2,1H3. The average molecular weight is 170 g/mol. The second-order valence-electron chi connectivity index (χ2n) is 2.96. The van der Waals surface area contributed by atoms with Crippen molar-refractivity contribution in [2.24, 2.45) is 0 Å². The van der Waals surface area contributed by atoms with Crippen LogP contribution in [0.2, 0.25) is 0 Å². The third-order valence-electron chi connectivity index (χ3n) is 1.72. The van der Waals surface area contributed by atoms with Crippen LogP contribution >= 0.6 is 0 Å². The fraction of sp³-hybridized carbons (Fsp3) is 0.273. The van der Waals surface area contributed by atoms with Crippen LogP contribution in [0.15, 0.2) is 18.2 Å². The van der Waals surface area contributed by atoms with Gasteiger partial charge in [0.1, 0.15) is 0 Å². The van der Waals surface area contributed by atoms with E-state index in [2.05, 4.69) is 9.69 Å². The molecule has 0 bridgehead atoms. The molecule has 0 unspecified atom stereocenters. The first-order valence-corrected chi connectivity index (χ1v) is 4.02. The van der Waals surface area contributed by atoms with Gasteiger partial charge in [0.15, 0.2) is 0 Å². The van der Waals surface area contributed by atoms with E-state index in [1.807, 2.05) is 25.1 Å². The number of hydrogen-bond donors (Lipinski definition) is 0. The fourth-order valence-corrected chi connectivity index (χ4v) is 1.31. The van der Waals surface area contributed by atoms with E-state index in [9.17, 15) is 0 Å². The van der Waals surface area contributed by atoms with E-state index in [1.54, 1.807) is 0 Å². The van der Waals surface area contributed by atoms with Gasteiger partial charge in [-0.1, -0.05) is 5.56 Å². The Hall–Kier alpha value is -1.80. The van der Waals surface area contributed by atoms with Gasteiger partial charge in [-0.05, 0) is 25.1 Å². The molecule has 0 atom stereocenters. The SMILES string of the molecule is [C-]#[N+]Cc1cc(C)cc(C[N+]#[C-])c1. The maximum Gasteiger partial charge on any atom is 0.239 e.